The first-order chi connectivity index (χ1) is 10.5. The molecule has 0 spiro atoms. The highest BCUT2D eigenvalue weighted by Crippen LogP contribution is 2.24. The molecule has 0 radical (unpaired) electrons. The van der Waals surface area contributed by atoms with Crippen molar-refractivity contribution >= 4 is 37.8 Å². The van der Waals surface area contributed by atoms with E-state index in [1.165, 1.54) is 0 Å². The number of carbonyl (C=O) groups is 3. The number of nitrogens with one attached hydrogen (secondary N) is 1. The van der Waals surface area contributed by atoms with Gasteiger partial charge < -0.3 is 14.3 Å². The molecule has 9 heteroatoms. The number of hydrogen-bond donors (Lipinski definition) is 1. The molecule has 0 saturated carbocycles. The van der Waals surface area contributed by atoms with Gasteiger partial charge in [-0.1, -0.05) is 11.5 Å². The van der Waals surface area contributed by atoms with Gasteiger partial charge in [0.25, 0.3) is 0 Å². The lowest BCUT2D eigenvalue weighted by Crippen LogP contribution is -2.56. The first-order valence-corrected chi connectivity index (χ1v) is 6.99. The summed E-state index contributed by atoms with van der Waals surface area (Å²) in [7, 11) is 2.23. The van der Waals surface area contributed by atoms with Gasteiger partial charge in [-0.05, 0) is 19.1 Å². The molecule has 0 aliphatic carbocycles. The minimum absolute atomic E-state index is 0.204. The molecule has 1 saturated heterocycles. The summed E-state index contributed by atoms with van der Waals surface area (Å²) in [5.41, 5.74) is 0.904. The molecule has 1 heterocycles. The standard InChI is InChI=1S/C13H16B2N2O5/c1-3-22-10-6-8(4-5-9(10)21-2)14-15-17-12(19)7-11(18)16-13(17)20/h4-6,14-15H,3,7H2,1-2H3,(H,16,18,20). The molecule has 1 aromatic rings. The number of methoxy groups -OCH3 is 1. The molecule has 4 amide bonds. The van der Waals surface area contributed by atoms with Gasteiger partial charge >= 0.3 is 6.03 Å². The van der Waals surface area contributed by atoms with E-state index in [2.05, 4.69) is 5.32 Å². The molecule has 1 fully saturated rings. The maximum absolute atomic E-state index is 11.7. The van der Waals surface area contributed by atoms with E-state index in [9.17, 15) is 14.4 Å². The SMILES string of the molecule is CCOc1cc(BBN2C(=O)CC(=O)NC2=O)ccc1OC. The fraction of sp³-hybridized carbons (Fsp3) is 0.308. The number of urea groups is 1. The number of ether oxygens (including phenoxy) is 2. The van der Waals surface area contributed by atoms with Crippen molar-refractivity contribution in [3.63, 3.8) is 0 Å². The zero-order valence-electron chi connectivity index (χ0n) is 12.5. The third-order valence-electron chi connectivity index (χ3n) is 3.26. The normalized spacial score (nSPS) is 14.5. The van der Waals surface area contributed by atoms with E-state index in [0.717, 1.165) is 10.3 Å². The van der Waals surface area contributed by atoms with Gasteiger partial charge in [-0.25, -0.2) is 4.79 Å². The Kier molecular flexibility index (Phi) is 5.08. The first-order valence-electron chi connectivity index (χ1n) is 6.99. The number of carbonyl (C=O) groups excluding carboxylic acids is 3. The molecule has 2 rings (SSSR count). The molecular weight excluding hydrogens is 286 g/mol. The van der Waals surface area contributed by atoms with Crippen LogP contribution in [0.3, 0.4) is 0 Å². The summed E-state index contributed by atoms with van der Waals surface area (Å²) in [5, 5.41) is 2.13. The van der Waals surface area contributed by atoms with Gasteiger partial charge in [0.15, 0.2) is 18.7 Å². The minimum Gasteiger partial charge on any atom is -0.493 e. The van der Waals surface area contributed by atoms with Crippen LogP contribution in [0, 0.1) is 0 Å². The van der Waals surface area contributed by atoms with Crippen molar-refractivity contribution in [3.8, 4) is 11.5 Å². The van der Waals surface area contributed by atoms with Crippen molar-refractivity contribution in [1.29, 1.82) is 0 Å². The van der Waals surface area contributed by atoms with Gasteiger partial charge in [0.1, 0.15) is 6.42 Å². The van der Waals surface area contributed by atoms with Crippen molar-refractivity contribution in [1.82, 2.24) is 10.1 Å². The second-order valence-electron chi connectivity index (χ2n) is 4.74. The fourth-order valence-corrected chi connectivity index (χ4v) is 2.19. The van der Waals surface area contributed by atoms with Crippen LogP contribution in [0.15, 0.2) is 18.2 Å². The van der Waals surface area contributed by atoms with Crippen LogP contribution in [0.2, 0.25) is 0 Å². The van der Waals surface area contributed by atoms with Gasteiger partial charge in [0.05, 0.1) is 13.7 Å². The van der Waals surface area contributed by atoms with Crippen molar-refractivity contribution in [2.75, 3.05) is 13.7 Å². The molecule has 0 unspecified atom stereocenters. The van der Waals surface area contributed by atoms with E-state index in [0.29, 0.717) is 25.3 Å². The van der Waals surface area contributed by atoms with E-state index in [4.69, 9.17) is 9.47 Å². The second-order valence-corrected chi connectivity index (χ2v) is 4.74. The molecule has 0 atom stereocenters. The largest absolute Gasteiger partial charge is 0.493 e. The fourth-order valence-electron chi connectivity index (χ4n) is 2.19. The van der Waals surface area contributed by atoms with Crippen LogP contribution in [-0.4, -0.2) is 50.8 Å². The number of rotatable bonds is 6. The lowest BCUT2D eigenvalue weighted by molar-refractivity contribution is -0.133. The van der Waals surface area contributed by atoms with E-state index in [1.54, 1.807) is 13.2 Å². The van der Waals surface area contributed by atoms with Crippen molar-refractivity contribution in [3.05, 3.63) is 18.2 Å². The van der Waals surface area contributed by atoms with Crippen LogP contribution in [0.5, 0.6) is 11.5 Å². The van der Waals surface area contributed by atoms with Gasteiger partial charge in [-0.3, -0.25) is 14.9 Å². The van der Waals surface area contributed by atoms with Gasteiger partial charge in [0, 0.05) is 0 Å². The van der Waals surface area contributed by atoms with Crippen LogP contribution in [0.4, 0.5) is 4.79 Å². The summed E-state index contributed by atoms with van der Waals surface area (Å²) in [4.78, 5) is 35.5. The average molecular weight is 302 g/mol. The quantitative estimate of drug-likeness (QED) is 0.532. The molecule has 1 aliphatic heterocycles. The summed E-state index contributed by atoms with van der Waals surface area (Å²) in [6.07, 6.45) is -0.293. The molecule has 7 nitrogen and oxygen atoms in total. The Balaban J connectivity index is 2.05. The number of hydrogen-bond acceptors (Lipinski definition) is 5. The zero-order valence-corrected chi connectivity index (χ0v) is 12.5. The third kappa shape index (κ3) is 3.60. The van der Waals surface area contributed by atoms with Crippen molar-refractivity contribution in [2.24, 2.45) is 0 Å². The lowest BCUT2D eigenvalue weighted by atomic mass is 9.42. The number of nitrogens with zero attached hydrogens (tertiary/aromatic N) is 1. The van der Waals surface area contributed by atoms with Crippen LogP contribution in [0.1, 0.15) is 13.3 Å². The maximum Gasteiger partial charge on any atom is 0.317 e. The second kappa shape index (κ2) is 7.02. The summed E-state index contributed by atoms with van der Waals surface area (Å²) in [6, 6.07) is 4.78. The van der Waals surface area contributed by atoms with Crippen LogP contribution in [0.25, 0.3) is 0 Å². The Morgan fingerprint density at radius 2 is 2.05 bits per heavy atom. The molecule has 22 heavy (non-hydrogen) atoms. The third-order valence-corrected chi connectivity index (χ3v) is 3.26. The molecule has 1 aromatic carbocycles. The summed E-state index contributed by atoms with van der Waals surface area (Å²) in [5.74, 6) is 0.205. The van der Waals surface area contributed by atoms with Crippen LogP contribution < -0.4 is 20.3 Å². The Morgan fingerprint density at radius 3 is 2.68 bits per heavy atom. The monoisotopic (exact) mass is 302 g/mol. The molecular formula is C13H16B2N2O5. The Labute approximate surface area is 129 Å². The number of barbiturate groups is 1. The highest BCUT2D eigenvalue weighted by atomic mass is 16.5. The molecule has 0 aromatic heterocycles. The first kappa shape index (κ1) is 15.9. The number of amides is 4. The topological polar surface area (TPSA) is 84.9 Å². The lowest BCUT2D eigenvalue weighted by Gasteiger charge is -2.24. The average Bonchev–Trinajstić information content (AvgIpc) is 2.46. The van der Waals surface area contributed by atoms with E-state index in [1.807, 2.05) is 19.1 Å². The summed E-state index contributed by atoms with van der Waals surface area (Å²) < 4.78 is 10.7. The highest BCUT2D eigenvalue weighted by molar-refractivity contribution is 7.07. The van der Waals surface area contributed by atoms with Crippen molar-refractivity contribution in [2.45, 2.75) is 13.3 Å². The molecule has 1 N–H and O–H groups in total. The van der Waals surface area contributed by atoms with Gasteiger partial charge in [0.2, 0.25) is 19.1 Å². The van der Waals surface area contributed by atoms with E-state index >= 15 is 0 Å². The predicted octanol–water partition coefficient (Wildman–Crippen LogP) is -1.11. The van der Waals surface area contributed by atoms with Gasteiger partial charge in [-0.15, -0.1) is 0 Å². The number of imide groups is 2. The number of benzene rings is 1. The zero-order chi connectivity index (χ0) is 16.1. The molecule has 0 bridgehead atoms. The molecule has 114 valence electrons. The van der Waals surface area contributed by atoms with Gasteiger partial charge in [-0.2, -0.15) is 0 Å². The Bertz CT molecular complexity index is 588. The van der Waals surface area contributed by atoms with E-state index < -0.39 is 17.8 Å². The smallest absolute Gasteiger partial charge is 0.317 e. The Hall–Kier alpha value is -2.44. The summed E-state index contributed by atoms with van der Waals surface area (Å²) >= 11 is 0. The molecule has 1 aliphatic rings. The highest BCUT2D eigenvalue weighted by Gasteiger charge is 2.30. The predicted molar refractivity (Wildman–Crippen MR) is 83.1 cm³/mol. The van der Waals surface area contributed by atoms with Crippen LogP contribution >= 0.6 is 0 Å². The maximum atomic E-state index is 11.7. The van der Waals surface area contributed by atoms with E-state index in [-0.39, 0.29) is 13.7 Å². The minimum atomic E-state index is -0.667. The van der Waals surface area contributed by atoms with Crippen molar-refractivity contribution < 1.29 is 23.9 Å². The van der Waals surface area contributed by atoms with Crippen LogP contribution in [-0.2, 0) is 9.59 Å². The Morgan fingerprint density at radius 1 is 1.27 bits per heavy atom. The summed E-state index contributed by atoms with van der Waals surface area (Å²) in [6.45, 7) is 2.38.